The third-order valence-corrected chi connectivity index (χ3v) is 3.83. The van der Waals surface area contributed by atoms with Crippen molar-refractivity contribution in [3.63, 3.8) is 0 Å². The first-order chi connectivity index (χ1) is 8.83. The monoisotopic (exact) mass is 291 g/mol. The number of halogens is 2. The normalized spacial score (nSPS) is 13.5. The van der Waals surface area contributed by atoms with Crippen LogP contribution in [0.2, 0.25) is 0 Å². The Morgan fingerprint density at radius 2 is 2.00 bits per heavy atom. The van der Waals surface area contributed by atoms with Crippen LogP contribution in [0.4, 0.5) is 8.78 Å². The highest BCUT2D eigenvalue weighted by Gasteiger charge is 2.16. The van der Waals surface area contributed by atoms with E-state index in [0.717, 1.165) is 6.07 Å². The van der Waals surface area contributed by atoms with E-state index in [1.807, 2.05) is 6.92 Å². The van der Waals surface area contributed by atoms with Gasteiger partial charge in [-0.05, 0) is 25.5 Å². The maximum absolute atomic E-state index is 13.7. The van der Waals surface area contributed by atoms with Crippen molar-refractivity contribution >= 4 is 9.84 Å². The third kappa shape index (κ3) is 5.65. The molecular weight excluding hydrogens is 272 g/mol. The summed E-state index contributed by atoms with van der Waals surface area (Å²) in [5.74, 6) is -1.16. The smallest absolute Gasteiger partial charge is 0.147 e. The van der Waals surface area contributed by atoms with Crippen molar-refractivity contribution in [3.05, 3.63) is 35.4 Å². The molecule has 1 rings (SSSR count). The Morgan fingerprint density at radius 3 is 2.53 bits per heavy atom. The molecule has 0 saturated heterocycles. The molecule has 1 unspecified atom stereocenters. The van der Waals surface area contributed by atoms with Crippen LogP contribution in [-0.4, -0.2) is 27.0 Å². The molecule has 0 aliphatic carbocycles. The minimum Gasteiger partial charge on any atom is -0.310 e. The fourth-order valence-corrected chi connectivity index (χ4v) is 2.64. The lowest BCUT2D eigenvalue weighted by Gasteiger charge is -2.18. The molecule has 3 nitrogen and oxygen atoms in total. The number of rotatable bonds is 7. The summed E-state index contributed by atoms with van der Waals surface area (Å²) in [7, 11) is -3.02. The summed E-state index contributed by atoms with van der Waals surface area (Å²) in [6, 6.07) is 3.15. The minimum absolute atomic E-state index is 0.0672. The summed E-state index contributed by atoms with van der Waals surface area (Å²) in [5, 5.41) is 3.09. The molecule has 0 spiro atoms. The highest BCUT2D eigenvalue weighted by molar-refractivity contribution is 7.90. The fourth-order valence-electron chi connectivity index (χ4n) is 1.95. The third-order valence-electron chi connectivity index (χ3n) is 2.80. The van der Waals surface area contributed by atoms with Gasteiger partial charge >= 0.3 is 0 Å². The standard InChI is InChI=1S/C13H19F2NO2S/c1-3-16-13(5-4-8-19(2,17)18)11-7-6-10(14)9-12(11)15/h6-7,9,13,16H,3-5,8H2,1-2H3. The summed E-state index contributed by atoms with van der Waals surface area (Å²) >= 11 is 0. The number of benzene rings is 1. The van der Waals surface area contributed by atoms with Gasteiger partial charge in [0, 0.05) is 29.7 Å². The molecule has 0 fully saturated rings. The zero-order valence-electron chi connectivity index (χ0n) is 11.1. The number of hydrogen-bond acceptors (Lipinski definition) is 3. The zero-order chi connectivity index (χ0) is 14.5. The first kappa shape index (κ1) is 16.0. The van der Waals surface area contributed by atoms with Crippen molar-refractivity contribution in [2.45, 2.75) is 25.8 Å². The van der Waals surface area contributed by atoms with E-state index in [0.29, 0.717) is 24.9 Å². The van der Waals surface area contributed by atoms with Crippen LogP contribution < -0.4 is 5.32 Å². The molecule has 0 bridgehead atoms. The lowest BCUT2D eigenvalue weighted by atomic mass is 10.0. The van der Waals surface area contributed by atoms with Crippen LogP contribution in [0, 0.1) is 11.6 Å². The van der Waals surface area contributed by atoms with Crippen LogP contribution in [0.3, 0.4) is 0 Å². The van der Waals surface area contributed by atoms with Crippen molar-refractivity contribution in [2.24, 2.45) is 0 Å². The first-order valence-corrected chi connectivity index (χ1v) is 8.25. The van der Waals surface area contributed by atoms with Crippen molar-refractivity contribution in [2.75, 3.05) is 18.6 Å². The van der Waals surface area contributed by atoms with Crippen molar-refractivity contribution in [1.29, 1.82) is 0 Å². The lowest BCUT2D eigenvalue weighted by molar-refractivity contribution is 0.475. The molecule has 1 N–H and O–H groups in total. The van der Waals surface area contributed by atoms with Crippen LogP contribution in [0.25, 0.3) is 0 Å². The quantitative estimate of drug-likeness (QED) is 0.839. The van der Waals surface area contributed by atoms with E-state index in [9.17, 15) is 17.2 Å². The largest absolute Gasteiger partial charge is 0.310 e. The van der Waals surface area contributed by atoms with E-state index in [2.05, 4.69) is 5.32 Å². The number of nitrogens with one attached hydrogen (secondary N) is 1. The second-order valence-electron chi connectivity index (χ2n) is 4.55. The van der Waals surface area contributed by atoms with Gasteiger partial charge in [-0.15, -0.1) is 0 Å². The predicted molar refractivity (Wildman–Crippen MR) is 71.7 cm³/mol. The average molecular weight is 291 g/mol. The molecule has 6 heteroatoms. The Hall–Kier alpha value is -1.01. The molecule has 0 heterocycles. The fraction of sp³-hybridized carbons (Fsp3) is 0.538. The van der Waals surface area contributed by atoms with Gasteiger partial charge in [0.05, 0.1) is 0 Å². The lowest BCUT2D eigenvalue weighted by Crippen LogP contribution is -2.22. The van der Waals surface area contributed by atoms with Crippen LogP contribution >= 0.6 is 0 Å². The van der Waals surface area contributed by atoms with Gasteiger partial charge in [0.25, 0.3) is 0 Å². The summed E-state index contributed by atoms with van der Waals surface area (Å²) in [6.07, 6.45) is 2.10. The zero-order valence-corrected chi connectivity index (χ0v) is 11.9. The molecule has 0 radical (unpaired) electrons. The van der Waals surface area contributed by atoms with Crippen molar-refractivity contribution in [1.82, 2.24) is 5.32 Å². The van der Waals surface area contributed by atoms with Gasteiger partial charge in [-0.1, -0.05) is 13.0 Å². The molecule has 0 aliphatic heterocycles. The Morgan fingerprint density at radius 1 is 1.32 bits per heavy atom. The summed E-state index contributed by atoms with van der Waals surface area (Å²) < 4.78 is 48.7. The van der Waals surface area contributed by atoms with E-state index in [4.69, 9.17) is 0 Å². The van der Waals surface area contributed by atoms with Gasteiger partial charge in [0.2, 0.25) is 0 Å². The average Bonchev–Trinajstić information content (AvgIpc) is 2.26. The van der Waals surface area contributed by atoms with Gasteiger partial charge in [-0.25, -0.2) is 17.2 Å². The predicted octanol–water partition coefficient (Wildman–Crippen LogP) is 2.44. The highest BCUT2D eigenvalue weighted by atomic mass is 32.2. The van der Waals surface area contributed by atoms with Gasteiger partial charge in [0.15, 0.2) is 0 Å². The van der Waals surface area contributed by atoms with Gasteiger partial charge in [-0.2, -0.15) is 0 Å². The molecule has 1 atom stereocenters. The molecule has 19 heavy (non-hydrogen) atoms. The van der Waals surface area contributed by atoms with Crippen molar-refractivity contribution < 1.29 is 17.2 Å². The second-order valence-corrected chi connectivity index (χ2v) is 6.81. The summed E-state index contributed by atoms with van der Waals surface area (Å²) in [4.78, 5) is 0. The highest BCUT2D eigenvalue weighted by Crippen LogP contribution is 2.22. The van der Waals surface area contributed by atoms with Crippen molar-refractivity contribution in [3.8, 4) is 0 Å². The Kier molecular flexibility index (Phi) is 5.87. The van der Waals surface area contributed by atoms with Crippen LogP contribution in [0.1, 0.15) is 31.4 Å². The molecule has 1 aromatic rings. The second kappa shape index (κ2) is 6.96. The summed E-state index contributed by atoms with van der Waals surface area (Å²) in [6.45, 7) is 2.51. The van der Waals surface area contributed by atoms with Gasteiger partial charge in [0.1, 0.15) is 21.5 Å². The van der Waals surface area contributed by atoms with Crippen LogP contribution in [0.15, 0.2) is 18.2 Å². The maximum Gasteiger partial charge on any atom is 0.147 e. The molecule has 0 saturated carbocycles. The van der Waals surface area contributed by atoms with E-state index in [1.165, 1.54) is 18.4 Å². The van der Waals surface area contributed by atoms with E-state index in [1.54, 1.807) is 0 Å². The molecule has 1 aromatic carbocycles. The minimum atomic E-state index is -3.02. The van der Waals surface area contributed by atoms with Gasteiger partial charge in [-0.3, -0.25) is 0 Å². The van der Waals surface area contributed by atoms with Gasteiger partial charge < -0.3 is 5.32 Å². The molecular formula is C13H19F2NO2S. The maximum atomic E-state index is 13.7. The van der Waals surface area contributed by atoms with E-state index >= 15 is 0 Å². The summed E-state index contributed by atoms with van der Waals surface area (Å²) in [5.41, 5.74) is 0.372. The molecule has 0 amide bonds. The topological polar surface area (TPSA) is 46.2 Å². The van der Waals surface area contributed by atoms with Crippen LogP contribution in [-0.2, 0) is 9.84 Å². The number of hydrogen-bond donors (Lipinski definition) is 1. The van der Waals surface area contributed by atoms with E-state index < -0.39 is 21.5 Å². The molecule has 108 valence electrons. The first-order valence-electron chi connectivity index (χ1n) is 6.19. The Labute approximate surface area is 112 Å². The Bertz CT molecular complexity index is 517. The molecule has 0 aliphatic rings. The van der Waals surface area contributed by atoms with E-state index in [-0.39, 0.29) is 11.8 Å². The Balaban J connectivity index is 2.76. The van der Waals surface area contributed by atoms with Crippen LogP contribution in [0.5, 0.6) is 0 Å². The SMILES string of the molecule is CCNC(CCCS(C)(=O)=O)c1ccc(F)cc1F. The molecule has 0 aromatic heterocycles. The number of sulfone groups is 1.